The number of hydrogen-bond donors (Lipinski definition) is 1. The lowest BCUT2D eigenvalue weighted by Gasteiger charge is -2.44. The van der Waals surface area contributed by atoms with Gasteiger partial charge in [-0.2, -0.15) is 0 Å². The van der Waals surface area contributed by atoms with Gasteiger partial charge in [0.1, 0.15) is 0 Å². The van der Waals surface area contributed by atoms with E-state index in [0.717, 1.165) is 24.1 Å². The lowest BCUT2D eigenvalue weighted by atomic mass is 9.85. The summed E-state index contributed by atoms with van der Waals surface area (Å²) >= 11 is 3.45. The molecule has 0 aromatic carbocycles. The van der Waals surface area contributed by atoms with E-state index in [1.807, 2.05) is 0 Å². The average molecular weight is 275 g/mol. The van der Waals surface area contributed by atoms with Crippen molar-refractivity contribution in [3.05, 3.63) is 11.1 Å². The highest BCUT2D eigenvalue weighted by molar-refractivity contribution is 9.11. The van der Waals surface area contributed by atoms with Gasteiger partial charge in [-0.1, -0.05) is 43.3 Å². The molecule has 0 aromatic rings. The standard InChI is InChI=1S/C12H23BrN2/c1-9(13)7-15-8-11(12(3,4)5)14-6-10(15)2/h10-11,14H,1,6-8H2,2-5H3. The van der Waals surface area contributed by atoms with E-state index < -0.39 is 0 Å². The zero-order valence-electron chi connectivity index (χ0n) is 10.3. The molecule has 1 rings (SSSR count). The van der Waals surface area contributed by atoms with Gasteiger partial charge >= 0.3 is 0 Å². The van der Waals surface area contributed by atoms with Gasteiger partial charge in [0.2, 0.25) is 0 Å². The minimum absolute atomic E-state index is 0.325. The number of piperazine rings is 1. The summed E-state index contributed by atoms with van der Waals surface area (Å²) in [4.78, 5) is 2.49. The molecule has 15 heavy (non-hydrogen) atoms. The van der Waals surface area contributed by atoms with Crippen LogP contribution in [0.5, 0.6) is 0 Å². The van der Waals surface area contributed by atoms with Gasteiger partial charge in [0, 0.05) is 36.2 Å². The summed E-state index contributed by atoms with van der Waals surface area (Å²) in [5.74, 6) is 0. The highest BCUT2D eigenvalue weighted by atomic mass is 79.9. The van der Waals surface area contributed by atoms with Crippen LogP contribution < -0.4 is 5.32 Å². The minimum Gasteiger partial charge on any atom is -0.311 e. The van der Waals surface area contributed by atoms with Crippen LogP contribution in [0.3, 0.4) is 0 Å². The summed E-state index contributed by atoms with van der Waals surface area (Å²) in [5, 5.41) is 3.63. The Kier molecular flexibility index (Phi) is 4.38. The first-order valence-electron chi connectivity index (χ1n) is 5.61. The maximum absolute atomic E-state index is 3.93. The van der Waals surface area contributed by atoms with Crippen LogP contribution in [-0.2, 0) is 0 Å². The Morgan fingerprint density at radius 1 is 1.53 bits per heavy atom. The molecule has 88 valence electrons. The summed E-state index contributed by atoms with van der Waals surface area (Å²) in [6.07, 6.45) is 0. The van der Waals surface area contributed by atoms with E-state index in [9.17, 15) is 0 Å². The molecule has 2 unspecified atom stereocenters. The van der Waals surface area contributed by atoms with Crippen molar-refractivity contribution in [2.45, 2.75) is 39.8 Å². The Bertz CT molecular complexity index is 232. The van der Waals surface area contributed by atoms with E-state index in [-0.39, 0.29) is 0 Å². The summed E-state index contributed by atoms with van der Waals surface area (Å²) in [7, 11) is 0. The third-order valence-corrected chi connectivity index (χ3v) is 3.37. The number of nitrogens with zero attached hydrogens (tertiary/aromatic N) is 1. The predicted molar refractivity (Wildman–Crippen MR) is 70.3 cm³/mol. The molecule has 0 spiro atoms. The average Bonchev–Trinajstić information content (AvgIpc) is 2.06. The second kappa shape index (κ2) is 4.98. The van der Waals surface area contributed by atoms with Crippen LogP contribution in [0.1, 0.15) is 27.7 Å². The molecule has 0 radical (unpaired) electrons. The molecule has 0 saturated carbocycles. The topological polar surface area (TPSA) is 15.3 Å². The molecule has 1 N–H and O–H groups in total. The lowest BCUT2D eigenvalue weighted by Crippen LogP contribution is -2.59. The van der Waals surface area contributed by atoms with Crippen molar-refractivity contribution in [1.29, 1.82) is 0 Å². The quantitative estimate of drug-likeness (QED) is 0.833. The third-order valence-electron chi connectivity index (χ3n) is 3.12. The SMILES string of the molecule is C=C(Br)CN1CC(C(C)(C)C)NCC1C. The maximum atomic E-state index is 3.93. The Labute approximate surface area is 102 Å². The van der Waals surface area contributed by atoms with E-state index >= 15 is 0 Å². The second-order valence-electron chi connectivity index (χ2n) is 5.62. The van der Waals surface area contributed by atoms with Crippen LogP contribution in [0.4, 0.5) is 0 Å². The summed E-state index contributed by atoms with van der Waals surface area (Å²) in [6.45, 7) is 16.2. The number of hydrogen-bond acceptors (Lipinski definition) is 2. The fourth-order valence-electron chi connectivity index (χ4n) is 1.94. The maximum Gasteiger partial charge on any atom is 0.0297 e. The molecule has 1 saturated heterocycles. The van der Waals surface area contributed by atoms with Crippen molar-refractivity contribution >= 4 is 15.9 Å². The molecule has 1 fully saturated rings. The van der Waals surface area contributed by atoms with Crippen LogP contribution in [0.25, 0.3) is 0 Å². The van der Waals surface area contributed by atoms with E-state index in [4.69, 9.17) is 0 Å². The molecule has 0 bridgehead atoms. The van der Waals surface area contributed by atoms with E-state index in [1.165, 1.54) is 0 Å². The fraction of sp³-hybridized carbons (Fsp3) is 0.833. The highest BCUT2D eigenvalue weighted by Crippen LogP contribution is 2.24. The van der Waals surface area contributed by atoms with Gasteiger partial charge in [-0.25, -0.2) is 0 Å². The number of nitrogens with one attached hydrogen (secondary N) is 1. The van der Waals surface area contributed by atoms with Crippen molar-refractivity contribution in [1.82, 2.24) is 10.2 Å². The summed E-state index contributed by atoms with van der Waals surface area (Å²) in [5.41, 5.74) is 0.325. The Hall–Kier alpha value is 0.140. The smallest absolute Gasteiger partial charge is 0.0297 e. The van der Waals surface area contributed by atoms with Crippen LogP contribution in [0, 0.1) is 5.41 Å². The van der Waals surface area contributed by atoms with E-state index in [1.54, 1.807) is 0 Å². The zero-order valence-corrected chi connectivity index (χ0v) is 11.9. The predicted octanol–water partition coefficient (Wildman–Crippen LogP) is 2.60. The minimum atomic E-state index is 0.325. The van der Waals surface area contributed by atoms with Gasteiger partial charge in [-0.05, 0) is 12.3 Å². The molecule has 2 atom stereocenters. The lowest BCUT2D eigenvalue weighted by molar-refractivity contribution is 0.104. The first kappa shape index (κ1) is 13.2. The first-order chi connectivity index (χ1) is 6.80. The Morgan fingerprint density at radius 3 is 2.60 bits per heavy atom. The van der Waals surface area contributed by atoms with Crippen LogP contribution in [0.2, 0.25) is 0 Å². The second-order valence-corrected chi connectivity index (χ2v) is 6.74. The molecule has 3 heteroatoms. The van der Waals surface area contributed by atoms with Gasteiger partial charge in [0.25, 0.3) is 0 Å². The molecule has 0 aromatic heterocycles. The van der Waals surface area contributed by atoms with E-state index in [0.29, 0.717) is 17.5 Å². The normalized spacial score (nSPS) is 29.1. The van der Waals surface area contributed by atoms with Gasteiger partial charge in [0.05, 0.1) is 0 Å². The summed E-state index contributed by atoms with van der Waals surface area (Å²) < 4.78 is 1.07. The van der Waals surface area contributed by atoms with Gasteiger partial charge < -0.3 is 5.32 Å². The van der Waals surface area contributed by atoms with Crippen LogP contribution in [0.15, 0.2) is 11.1 Å². The third kappa shape index (κ3) is 3.89. The van der Waals surface area contributed by atoms with Gasteiger partial charge in [-0.15, -0.1) is 0 Å². The van der Waals surface area contributed by atoms with Crippen molar-refractivity contribution in [3.8, 4) is 0 Å². The molecule has 0 amide bonds. The highest BCUT2D eigenvalue weighted by Gasteiger charge is 2.32. The van der Waals surface area contributed by atoms with Crippen molar-refractivity contribution in [3.63, 3.8) is 0 Å². The largest absolute Gasteiger partial charge is 0.311 e. The molecular weight excluding hydrogens is 252 g/mol. The van der Waals surface area contributed by atoms with Crippen LogP contribution in [-0.4, -0.2) is 36.6 Å². The molecule has 1 aliphatic rings. The Balaban J connectivity index is 2.60. The number of halogens is 1. The molecule has 1 aliphatic heterocycles. The Morgan fingerprint density at radius 2 is 2.13 bits per heavy atom. The zero-order chi connectivity index (χ0) is 11.6. The summed E-state index contributed by atoms with van der Waals surface area (Å²) in [6, 6.07) is 1.17. The van der Waals surface area contributed by atoms with Crippen molar-refractivity contribution in [2.75, 3.05) is 19.6 Å². The molecule has 0 aliphatic carbocycles. The fourth-order valence-corrected chi connectivity index (χ4v) is 2.26. The van der Waals surface area contributed by atoms with Crippen molar-refractivity contribution < 1.29 is 0 Å². The van der Waals surface area contributed by atoms with Crippen LogP contribution >= 0.6 is 15.9 Å². The first-order valence-corrected chi connectivity index (χ1v) is 6.40. The number of rotatable bonds is 2. The van der Waals surface area contributed by atoms with Crippen molar-refractivity contribution in [2.24, 2.45) is 5.41 Å². The monoisotopic (exact) mass is 274 g/mol. The van der Waals surface area contributed by atoms with Gasteiger partial charge in [-0.3, -0.25) is 4.90 Å². The van der Waals surface area contributed by atoms with E-state index in [2.05, 4.69) is 60.4 Å². The molecule has 1 heterocycles. The van der Waals surface area contributed by atoms with Gasteiger partial charge in [0.15, 0.2) is 0 Å². The molecule has 2 nitrogen and oxygen atoms in total. The molecular formula is C12H23BrN2.